The van der Waals surface area contributed by atoms with Gasteiger partial charge in [0.25, 0.3) is 0 Å². The third-order valence-corrected chi connectivity index (χ3v) is 4.56. The van der Waals surface area contributed by atoms with E-state index in [0.29, 0.717) is 11.1 Å². The summed E-state index contributed by atoms with van der Waals surface area (Å²) in [7, 11) is 0. The zero-order valence-electron chi connectivity index (χ0n) is 14.4. The fourth-order valence-electron chi connectivity index (χ4n) is 2.28. The molecule has 0 unspecified atom stereocenters. The van der Waals surface area contributed by atoms with Crippen molar-refractivity contribution in [2.24, 2.45) is 0 Å². The number of carbonyl (C=O) groups excluding carboxylic acids is 1. The second-order valence-corrected chi connectivity index (χ2v) is 6.71. The highest BCUT2D eigenvalue weighted by molar-refractivity contribution is 8.00. The Bertz CT molecular complexity index is 907. The van der Waals surface area contributed by atoms with E-state index in [-0.39, 0.29) is 28.8 Å². The van der Waals surface area contributed by atoms with Crippen LogP contribution in [-0.2, 0) is 17.5 Å². The van der Waals surface area contributed by atoms with Crippen molar-refractivity contribution in [2.75, 3.05) is 5.75 Å². The van der Waals surface area contributed by atoms with E-state index >= 15 is 0 Å². The minimum Gasteiger partial charge on any atom is -0.351 e. The van der Waals surface area contributed by atoms with Gasteiger partial charge >= 0.3 is 6.18 Å². The average molecular weight is 397 g/mol. The van der Waals surface area contributed by atoms with Gasteiger partial charge in [-0.05, 0) is 37.1 Å². The van der Waals surface area contributed by atoms with Gasteiger partial charge in [0.15, 0.2) is 0 Å². The Morgan fingerprint density at radius 2 is 2.00 bits per heavy atom. The Balaban J connectivity index is 2.05. The number of hydrogen-bond acceptors (Lipinski definition) is 4. The SMILES string of the molecule is Cc1cc(C(F)(F)F)c(C#N)c(SCC(=O)NCc2ccc(F)c(C)c2)n1. The van der Waals surface area contributed by atoms with Crippen molar-refractivity contribution in [3.63, 3.8) is 0 Å². The Morgan fingerprint density at radius 3 is 2.59 bits per heavy atom. The van der Waals surface area contributed by atoms with Crippen molar-refractivity contribution in [2.45, 2.75) is 31.6 Å². The number of benzene rings is 1. The van der Waals surface area contributed by atoms with Gasteiger partial charge in [-0.25, -0.2) is 9.37 Å². The van der Waals surface area contributed by atoms with Crippen LogP contribution >= 0.6 is 11.8 Å². The molecular formula is C18H15F4N3OS. The van der Waals surface area contributed by atoms with E-state index in [1.807, 2.05) is 0 Å². The van der Waals surface area contributed by atoms with Gasteiger partial charge in [0.2, 0.25) is 5.91 Å². The molecule has 0 bridgehead atoms. The van der Waals surface area contributed by atoms with Crippen molar-refractivity contribution < 1.29 is 22.4 Å². The third kappa shape index (κ3) is 5.44. The number of aryl methyl sites for hydroxylation is 2. The summed E-state index contributed by atoms with van der Waals surface area (Å²) < 4.78 is 52.4. The molecule has 2 aromatic rings. The normalized spacial score (nSPS) is 11.1. The van der Waals surface area contributed by atoms with Gasteiger partial charge in [-0.15, -0.1) is 0 Å². The first-order valence-electron chi connectivity index (χ1n) is 7.75. The number of carbonyl (C=O) groups is 1. The molecule has 0 saturated heterocycles. The maximum absolute atomic E-state index is 13.2. The summed E-state index contributed by atoms with van der Waals surface area (Å²) in [6.45, 7) is 3.14. The second-order valence-electron chi connectivity index (χ2n) is 5.75. The van der Waals surface area contributed by atoms with Crippen LogP contribution in [0, 0.1) is 31.0 Å². The molecule has 9 heteroatoms. The summed E-state index contributed by atoms with van der Waals surface area (Å²) in [6, 6.07) is 6.74. The maximum atomic E-state index is 13.2. The molecule has 0 spiro atoms. The number of nitriles is 1. The molecule has 2 rings (SSSR count). The van der Waals surface area contributed by atoms with Crippen molar-refractivity contribution >= 4 is 17.7 Å². The highest BCUT2D eigenvalue weighted by Crippen LogP contribution is 2.35. The topological polar surface area (TPSA) is 65.8 Å². The van der Waals surface area contributed by atoms with E-state index in [4.69, 9.17) is 5.26 Å². The zero-order chi connectivity index (χ0) is 20.2. The quantitative estimate of drug-likeness (QED) is 0.608. The van der Waals surface area contributed by atoms with Crippen LogP contribution in [-0.4, -0.2) is 16.6 Å². The number of halogens is 4. The highest BCUT2D eigenvalue weighted by Gasteiger charge is 2.35. The monoisotopic (exact) mass is 397 g/mol. The van der Waals surface area contributed by atoms with Crippen LogP contribution in [0.25, 0.3) is 0 Å². The van der Waals surface area contributed by atoms with E-state index in [9.17, 15) is 22.4 Å². The summed E-state index contributed by atoms with van der Waals surface area (Å²) in [5, 5.41) is 11.5. The molecule has 0 aliphatic heterocycles. The molecule has 0 aliphatic rings. The van der Waals surface area contributed by atoms with Gasteiger partial charge < -0.3 is 5.32 Å². The van der Waals surface area contributed by atoms with Crippen molar-refractivity contribution in [1.29, 1.82) is 5.26 Å². The van der Waals surface area contributed by atoms with Gasteiger partial charge in [0, 0.05) is 12.2 Å². The molecule has 0 fully saturated rings. The standard InChI is InChI=1S/C18H15F4N3OS/c1-10-5-12(3-4-15(10)19)8-24-16(26)9-27-17-13(7-23)14(18(20,21)22)6-11(2)25-17/h3-6H,8-9H2,1-2H3,(H,24,26). The summed E-state index contributed by atoms with van der Waals surface area (Å²) in [5.74, 6) is -0.999. The smallest absolute Gasteiger partial charge is 0.351 e. The largest absolute Gasteiger partial charge is 0.417 e. The first-order chi connectivity index (χ1) is 12.6. The van der Waals surface area contributed by atoms with E-state index in [2.05, 4.69) is 10.3 Å². The van der Waals surface area contributed by atoms with Gasteiger partial charge in [0.1, 0.15) is 16.9 Å². The number of thioether (sulfide) groups is 1. The summed E-state index contributed by atoms with van der Waals surface area (Å²) in [4.78, 5) is 15.9. The van der Waals surface area contributed by atoms with Gasteiger partial charge in [0.05, 0.1) is 16.9 Å². The number of aromatic nitrogens is 1. The molecule has 0 aliphatic carbocycles. The maximum Gasteiger partial charge on any atom is 0.417 e. The predicted octanol–water partition coefficient (Wildman–Crippen LogP) is 4.14. The summed E-state index contributed by atoms with van der Waals surface area (Å²) in [6.07, 6.45) is -4.68. The molecule has 0 radical (unpaired) electrons. The number of rotatable bonds is 5. The molecule has 4 nitrogen and oxygen atoms in total. The van der Waals surface area contributed by atoms with Crippen LogP contribution < -0.4 is 5.32 Å². The lowest BCUT2D eigenvalue weighted by Gasteiger charge is -2.12. The highest BCUT2D eigenvalue weighted by atomic mass is 32.2. The molecule has 1 N–H and O–H groups in total. The van der Waals surface area contributed by atoms with E-state index < -0.39 is 23.2 Å². The lowest BCUT2D eigenvalue weighted by Crippen LogP contribution is -2.24. The predicted molar refractivity (Wildman–Crippen MR) is 92.4 cm³/mol. The third-order valence-electron chi connectivity index (χ3n) is 3.58. The van der Waals surface area contributed by atoms with Crippen LogP contribution in [0.5, 0.6) is 0 Å². The molecule has 1 aromatic heterocycles. The fraction of sp³-hybridized carbons (Fsp3) is 0.278. The van der Waals surface area contributed by atoms with E-state index in [0.717, 1.165) is 17.8 Å². The summed E-state index contributed by atoms with van der Waals surface area (Å²) in [5.41, 5.74) is -0.426. The average Bonchev–Trinajstić information content (AvgIpc) is 2.59. The molecule has 1 heterocycles. The van der Waals surface area contributed by atoms with Crippen molar-refractivity contribution in [3.05, 3.63) is 58.0 Å². The molecule has 0 saturated carbocycles. The van der Waals surface area contributed by atoms with Crippen LogP contribution in [0.1, 0.15) is 27.9 Å². The van der Waals surface area contributed by atoms with Crippen molar-refractivity contribution in [3.8, 4) is 6.07 Å². The Hall–Kier alpha value is -2.60. The van der Waals surface area contributed by atoms with Crippen molar-refractivity contribution in [1.82, 2.24) is 10.3 Å². The van der Waals surface area contributed by atoms with Crippen LogP contribution in [0.4, 0.5) is 17.6 Å². The number of amides is 1. The Labute approximate surface area is 157 Å². The second kappa shape index (κ2) is 8.39. The minimum absolute atomic E-state index is 0.103. The van der Waals surface area contributed by atoms with Crippen LogP contribution in [0.3, 0.4) is 0 Å². The van der Waals surface area contributed by atoms with Crippen LogP contribution in [0.2, 0.25) is 0 Å². The molecule has 1 aromatic carbocycles. The van der Waals surface area contributed by atoms with Gasteiger partial charge in [-0.1, -0.05) is 23.9 Å². The minimum atomic E-state index is -4.68. The Morgan fingerprint density at radius 1 is 1.30 bits per heavy atom. The molecule has 0 atom stereocenters. The first-order valence-corrected chi connectivity index (χ1v) is 8.74. The molecular weight excluding hydrogens is 382 g/mol. The van der Waals surface area contributed by atoms with Gasteiger partial charge in [-0.2, -0.15) is 18.4 Å². The lowest BCUT2D eigenvalue weighted by atomic mass is 10.1. The Kier molecular flexibility index (Phi) is 6.44. The lowest BCUT2D eigenvalue weighted by molar-refractivity contribution is -0.138. The number of hydrogen-bond donors (Lipinski definition) is 1. The van der Waals surface area contributed by atoms with Crippen LogP contribution in [0.15, 0.2) is 29.3 Å². The van der Waals surface area contributed by atoms with Gasteiger partial charge in [-0.3, -0.25) is 4.79 Å². The summed E-state index contributed by atoms with van der Waals surface area (Å²) >= 11 is 0.759. The van der Waals surface area contributed by atoms with E-state index in [1.54, 1.807) is 13.0 Å². The number of nitrogens with zero attached hydrogens (tertiary/aromatic N) is 2. The molecule has 1 amide bonds. The fourth-order valence-corrected chi connectivity index (χ4v) is 3.16. The first kappa shape index (κ1) is 20.7. The zero-order valence-corrected chi connectivity index (χ0v) is 15.3. The van der Waals surface area contributed by atoms with E-state index in [1.165, 1.54) is 25.1 Å². The number of pyridine rings is 1. The molecule has 27 heavy (non-hydrogen) atoms. The number of nitrogens with one attached hydrogen (secondary N) is 1. The molecule has 142 valence electrons. The number of alkyl halides is 3.